The van der Waals surface area contributed by atoms with Crippen molar-refractivity contribution in [3.8, 4) is 0 Å². The fraction of sp³-hybridized carbons (Fsp3) is 0.706. The summed E-state index contributed by atoms with van der Waals surface area (Å²) in [5, 5.41) is 42.2. The number of hydrogen-bond donors (Lipinski definition) is 4. The van der Waals surface area contributed by atoms with Gasteiger partial charge in [0.05, 0.1) is 31.1 Å². The van der Waals surface area contributed by atoms with E-state index >= 15 is 0 Å². The number of rotatable bonds is 6. The van der Waals surface area contributed by atoms with Crippen molar-refractivity contribution in [2.24, 2.45) is 5.92 Å². The highest BCUT2D eigenvalue weighted by atomic mass is 32.1. The fourth-order valence-corrected chi connectivity index (χ4v) is 4.08. The number of aliphatic hydroxyl groups is 3. The number of hydrogen-bond acceptors (Lipinski definition) is 9. The number of aromatic nitrogens is 4. The quantitative estimate of drug-likeness (QED) is 0.565. The molecule has 1 fully saturated rings. The second kappa shape index (κ2) is 8.19. The van der Waals surface area contributed by atoms with Gasteiger partial charge >= 0.3 is 0 Å². The number of thiazole rings is 1. The molecule has 5 atom stereocenters. The minimum atomic E-state index is -1.12. The van der Waals surface area contributed by atoms with Crippen molar-refractivity contribution in [2.75, 3.05) is 5.32 Å². The van der Waals surface area contributed by atoms with Gasteiger partial charge in [-0.05, 0) is 12.8 Å². The number of anilines is 1. The summed E-state index contributed by atoms with van der Waals surface area (Å²) in [7, 11) is 0. The van der Waals surface area contributed by atoms with E-state index in [1.807, 2.05) is 6.92 Å². The third-order valence-corrected chi connectivity index (χ3v) is 6.18. The van der Waals surface area contributed by atoms with Crippen LogP contribution in [0.2, 0.25) is 0 Å². The van der Waals surface area contributed by atoms with Crippen molar-refractivity contribution in [1.82, 2.24) is 20.0 Å². The molecular formula is C17H27N5O4S. The lowest BCUT2D eigenvalue weighted by atomic mass is 9.92. The lowest BCUT2D eigenvalue weighted by Crippen LogP contribution is -2.54. The van der Waals surface area contributed by atoms with Crippen LogP contribution in [0.15, 0.2) is 6.20 Å². The Morgan fingerprint density at radius 2 is 2.04 bits per heavy atom. The minimum Gasteiger partial charge on any atom is -0.390 e. The maximum Gasteiger partial charge on any atom is 0.183 e. The van der Waals surface area contributed by atoms with Crippen molar-refractivity contribution in [1.29, 1.82) is 0 Å². The first-order valence-electron chi connectivity index (χ1n) is 9.06. The molecule has 1 aliphatic rings. The van der Waals surface area contributed by atoms with Gasteiger partial charge in [0.2, 0.25) is 0 Å². The molecule has 0 saturated carbocycles. The number of ether oxygens (including phenoxy) is 1. The van der Waals surface area contributed by atoms with Crippen LogP contribution in [0.3, 0.4) is 0 Å². The molecule has 3 heterocycles. The molecule has 9 nitrogen and oxygen atoms in total. The molecular weight excluding hydrogens is 370 g/mol. The van der Waals surface area contributed by atoms with Crippen molar-refractivity contribution in [3.63, 3.8) is 0 Å². The predicted molar refractivity (Wildman–Crippen MR) is 100 cm³/mol. The summed E-state index contributed by atoms with van der Waals surface area (Å²) < 4.78 is 6.93. The first kappa shape index (κ1) is 20.2. The van der Waals surface area contributed by atoms with E-state index in [9.17, 15) is 15.3 Å². The van der Waals surface area contributed by atoms with E-state index in [2.05, 4.69) is 34.5 Å². The zero-order valence-corrected chi connectivity index (χ0v) is 16.7. The molecule has 1 saturated heterocycles. The Kier molecular flexibility index (Phi) is 6.11. The fourth-order valence-electron chi connectivity index (χ4n) is 3.11. The van der Waals surface area contributed by atoms with Gasteiger partial charge in [-0.25, -0.2) is 9.67 Å². The molecule has 0 aliphatic carbocycles. The van der Waals surface area contributed by atoms with Gasteiger partial charge in [-0.15, -0.1) is 16.4 Å². The van der Waals surface area contributed by atoms with Gasteiger partial charge in [-0.1, -0.05) is 26.0 Å². The second-order valence-electron chi connectivity index (χ2n) is 7.31. The van der Waals surface area contributed by atoms with Gasteiger partial charge in [-0.2, -0.15) is 0 Å². The van der Waals surface area contributed by atoms with E-state index in [-0.39, 0.29) is 6.54 Å². The normalized spacial score (nSPS) is 28.7. The highest BCUT2D eigenvalue weighted by Gasteiger charge is 2.41. The van der Waals surface area contributed by atoms with Crippen LogP contribution >= 0.6 is 11.3 Å². The van der Waals surface area contributed by atoms with Gasteiger partial charge in [0.1, 0.15) is 17.9 Å². The van der Waals surface area contributed by atoms with E-state index in [1.165, 1.54) is 9.56 Å². The lowest BCUT2D eigenvalue weighted by molar-refractivity contribution is -0.263. The summed E-state index contributed by atoms with van der Waals surface area (Å²) in [6.45, 7) is 8.58. The Morgan fingerprint density at radius 1 is 1.30 bits per heavy atom. The van der Waals surface area contributed by atoms with Gasteiger partial charge in [0.15, 0.2) is 11.4 Å². The molecule has 0 radical (unpaired) electrons. The first-order valence-corrected chi connectivity index (χ1v) is 9.87. The summed E-state index contributed by atoms with van der Waals surface area (Å²) in [5.41, 5.74) is 1.75. The zero-order chi connectivity index (χ0) is 19.7. The maximum atomic E-state index is 10.2. The van der Waals surface area contributed by atoms with Crippen LogP contribution in [-0.2, 0) is 17.8 Å². The molecule has 150 valence electrons. The SMILES string of the molecule is Cc1nc(NCc2cn(CC3OC(O)C(C)C(O)C3O)nn2)sc1C(C)C. The van der Waals surface area contributed by atoms with Gasteiger partial charge < -0.3 is 25.4 Å². The first-order chi connectivity index (χ1) is 12.8. The van der Waals surface area contributed by atoms with Crippen LogP contribution in [0, 0.1) is 12.8 Å². The van der Waals surface area contributed by atoms with Crippen molar-refractivity contribution in [2.45, 2.75) is 71.3 Å². The van der Waals surface area contributed by atoms with Crippen molar-refractivity contribution < 1.29 is 20.1 Å². The maximum absolute atomic E-state index is 10.2. The number of nitrogens with zero attached hydrogens (tertiary/aromatic N) is 4. The van der Waals surface area contributed by atoms with E-state index < -0.39 is 30.5 Å². The van der Waals surface area contributed by atoms with Crippen LogP contribution in [0.5, 0.6) is 0 Å². The lowest BCUT2D eigenvalue weighted by Gasteiger charge is -2.39. The summed E-state index contributed by atoms with van der Waals surface area (Å²) >= 11 is 1.64. The van der Waals surface area contributed by atoms with Crippen molar-refractivity contribution in [3.05, 3.63) is 22.5 Å². The van der Waals surface area contributed by atoms with Crippen LogP contribution < -0.4 is 5.32 Å². The number of nitrogens with one attached hydrogen (secondary N) is 1. The average molecular weight is 398 g/mol. The predicted octanol–water partition coefficient (Wildman–Crippen LogP) is 0.854. The molecule has 0 spiro atoms. The molecule has 27 heavy (non-hydrogen) atoms. The Morgan fingerprint density at radius 3 is 2.70 bits per heavy atom. The highest BCUT2D eigenvalue weighted by Crippen LogP contribution is 2.29. The molecule has 2 aromatic rings. The van der Waals surface area contributed by atoms with Crippen LogP contribution in [0.1, 0.15) is 43.0 Å². The molecule has 10 heteroatoms. The molecule has 0 amide bonds. The van der Waals surface area contributed by atoms with E-state index in [1.54, 1.807) is 24.5 Å². The topological polar surface area (TPSA) is 126 Å². The Hall–Kier alpha value is -1.59. The minimum absolute atomic E-state index is 0.183. The standard InChI is InChI=1S/C17H27N5O4S/c1-8(2)15-10(4)19-17(27-15)18-5-11-6-22(21-20-11)7-12-14(24)13(23)9(3)16(25)26-12/h6,8-9,12-14,16,23-25H,5,7H2,1-4H3,(H,18,19). The smallest absolute Gasteiger partial charge is 0.183 e. The highest BCUT2D eigenvalue weighted by molar-refractivity contribution is 7.15. The molecule has 5 unspecified atom stereocenters. The molecule has 0 aromatic carbocycles. The second-order valence-corrected chi connectivity index (χ2v) is 8.34. The summed E-state index contributed by atoms with van der Waals surface area (Å²) in [5.74, 6) is -0.112. The number of aliphatic hydroxyl groups excluding tert-OH is 3. The van der Waals surface area contributed by atoms with Gasteiger partial charge in [0, 0.05) is 10.8 Å². The summed E-state index contributed by atoms with van der Waals surface area (Å²) in [6, 6.07) is 0. The van der Waals surface area contributed by atoms with E-state index in [0.717, 1.165) is 10.8 Å². The molecule has 1 aliphatic heterocycles. The van der Waals surface area contributed by atoms with Crippen molar-refractivity contribution >= 4 is 16.5 Å². The molecule has 2 aromatic heterocycles. The summed E-state index contributed by atoms with van der Waals surface area (Å²) in [6.07, 6.45) is -2.29. The third kappa shape index (κ3) is 4.46. The summed E-state index contributed by atoms with van der Waals surface area (Å²) in [4.78, 5) is 5.78. The molecule has 4 N–H and O–H groups in total. The molecule has 0 bridgehead atoms. The van der Waals surface area contributed by atoms with Crippen LogP contribution in [0.25, 0.3) is 0 Å². The Bertz CT molecular complexity index is 764. The van der Waals surface area contributed by atoms with Crippen LogP contribution in [0.4, 0.5) is 5.13 Å². The Balaban J connectivity index is 1.58. The van der Waals surface area contributed by atoms with Gasteiger partial charge in [-0.3, -0.25) is 0 Å². The van der Waals surface area contributed by atoms with Gasteiger partial charge in [0.25, 0.3) is 0 Å². The molecule has 3 rings (SSSR count). The largest absolute Gasteiger partial charge is 0.390 e. The average Bonchev–Trinajstić information content (AvgIpc) is 3.22. The van der Waals surface area contributed by atoms with E-state index in [0.29, 0.717) is 18.2 Å². The Labute approximate surface area is 162 Å². The monoisotopic (exact) mass is 397 g/mol. The zero-order valence-electron chi connectivity index (χ0n) is 15.9. The van der Waals surface area contributed by atoms with E-state index in [4.69, 9.17) is 4.74 Å². The third-order valence-electron chi connectivity index (χ3n) is 4.76. The number of aryl methyl sites for hydroxylation is 1. The van der Waals surface area contributed by atoms with Crippen LogP contribution in [-0.4, -0.2) is 59.9 Å².